The van der Waals surface area contributed by atoms with Crippen molar-refractivity contribution in [3.05, 3.63) is 23.8 Å². The lowest BCUT2D eigenvalue weighted by Crippen LogP contribution is -2.28. The van der Waals surface area contributed by atoms with Crippen LogP contribution in [0.15, 0.2) is 23.1 Å². The molecule has 1 heterocycles. The number of carbonyl (C=O) groups is 1. The maximum absolute atomic E-state index is 11.6. The average molecular weight is 232 g/mol. The molecule has 82 valence electrons. The summed E-state index contributed by atoms with van der Waals surface area (Å²) in [5, 5.41) is 11.2. The summed E-state index contributed by atoms with van der Waals surface area (Å²) in [6.07, 6.45) is 1.23. The molecule has 0 aromatic heterocycles. The van der Waals surface area contributed by atoms with Gasteiger partial charge < -0.3 is 5.32 Å². The predicted molar refractivity (Wildman–Crippen MR) is 64.3 cm³/mol. The van der Waals surface area contributed by atoms with E-state index in [0.29, 0.717) is 0 Å². The molecule has 0 aliphatic carbocycles. The number of hydrogen-bond acceptors (Lipinski definition) is 3. The van der Waals surface area contributed by atoms with Crippen LogP contribution in [-0.4, -0.2) is 11.2 Å². The number of hydrogen-bond donors (Lipinski definition) is 1. The van der Waals surface area contributed by atoms with Crippen LogP contribution in [0.3, 0.4) is 0 Å². The van der Waals surface area contributed by atoms with E-state index in [2.05, 4.69) is 18.3 Å². The molecule has 1 aliphatic rings. The normalized spacial score (nSPS) is 18.5. The number of aryl methyl sites for hydroxylation is 1. The summed E-state index contributed by atoms with van der Waals surface area (Å²) in [5.74, 6) is -0.0664. The van der Waals surface area contributed by atoms with Gasteiger partial charge in [0.05, 0.1) is 18.2 Å². The number of thioether (sulfide) groups is 1. The molecular formula is C12H12N2OS. The molecule has 1 aromatic carbocycles. The van der Waals surface area contributed by atoms with Crippen LogP contribution in [0.2, 0.25) is 0 Å². The minimum absolute atomic E-state index is 0.0664. The second-order valence-electron chi connectivity index (χ2n) is 3.64. The van der Waals surface area contributed by atoms with E-state index in [-0.39, 0.29) is 17.6 Å². The quantitative estimate of drug-likeness (QED) is 0.852. The summed E-state index contributed by atoms with van der Waals surface area (Å²) >= 11 is 1.48. The maximum Gasteiger partial charge on any atom is 0.238 e. The molecule has 1 amide bonds. The van der Waals surface area contributed by atoms with Crippen molar-refractivity contribution < 1.29 is 4.79 Å². The zero-order valence-electron chi connectivity index (χ0n) is 8.99. The van der Waals surface area contributed by atoms with Crippen molar-refractivity contribution in [2.24, 2.45) is 0 Å². The van der Waals surface area contributed by atoms with E-state index in [0.717, 1.165) is 17.0 Å². The third kappa shape index (κ3) is 2.05. The summed E-state index contributed by atoms with van der Waals surface area (Å²) in [6.45, 7) is 2.10. The minimum Gasteiger partial charge on any atom is -0.324 e. The molecule has 1 unspecified atom stereocenters. The summed E-state index contributed by atoms with van der Waals surface area (Å²) < 4.78 is 0. The van der Waals surface area contributed by atoms with Crippen molar-refractivity contribution in [3.8, 4) is 6.07 Å². The van der Waals surface area contributed by atoms with Crippen LogP contribution in [0.4, 0.5) is 5.69 Å². The molecule has 1 aromatic rings. The fourth-order valence-electron chi connectivity index (χ4n) is 1.62. The largest absolute Gasteiger partial charge is 0.324 e. The summed E-state index contributed by atoms with van der Waals surface area (Å²) in [4.78, 5) is 12.7. The molecule has 2 rings (SSSR count). The van der Waals surface area contributed by atoms with Gasteiger partial charge in [-0.25, -0.2) is 0 Å². The average Bonchev–Trinajstić information content (AvgIpc) is 2.30. The SMILES string of the molecule is CCc1ccc2c(c1)SC(CC#N)C(=O)N2. The van der Waals surface area contributed by atoms with E-state index in [1.165, 1.54) is 17.3 Å². The number of anilines is 1. The number of benzene rings is 1. The molecule has 0 radical (unpaired) electrons. The first-order valence-electron chi connectivity index (χ1n) is 5.22. The molecule has 16 heavy (non-hydrogen) atoms. The van der Waals surface area contributed by atoms with Gasteiger partial charge in [-0.15, -0.1) is 11.8 Å². The van der Waals surface area contributed by atoms with Crippen molar-refractivity contribution in [1.29, 1.82) is 5.26 Å². The van der Waals surface area contributed by atoms with Crippen LogP contribution in [0.5, 0.6) is 0 Å². The summed E-state index contributed by atoms with van der Waals surface area (Å²) in [7, 11) is 0. The predicted octanol–water partition coefficient (Wildman–Crippen LogP) is 2.58. The zero-order valence-corrected chi connectivity index (χ0v) is 9.80. The Morgan fingerprint density at radius 2 is 2.38 bits per heavy atom. The second-order valence-corrected chi connectivity index (χ2v) is 4.89. The molecule has 1 N–H and O–H groups in total. The molecule has 1 atom stereocenters. The van der Waals surface area contributed by atoms with Crippen molar-refractivity contribution in [2.45, 2.75) is 29.9 Å². The monoisotopic (exact) mass is 232 g/mol. The third-order valence-electron chi connectivity index (χ3n) is 2.55. The molecule has 0 bridgehead atoms. The fraction of sp³-hybridized carbons (Fsp3) is 0.333. The third-order valence-corrected chi connectivity index (χ3v) is 3.81. The highest BCUT2D eigenvalue weighted by molar-refractivity contribution is 8.01. The van der Waals surface area contributed by atoms with Crippen molar-refractivity contribution in [1.82, 2.24) is 0 Å². The van der Waals surface area contributed by atoms with E-state index in [1.807, 2.05) is 18.2 Å². The molecule has 0 spiro atoms. The van der Waals surface area contributed by atoms with E-state index in [4.69, 9.17) is 5.26 Å². The van der Waals surface area contributed by atoms with Gasteiger partial charge in [0.25, 0.3) is 0 Å². The number of carbonyl (C=O) groups excluding carboxylic acids is 1. The van der Waals surface area contributed by atoms with E-state index >= 15 is 0 Å². The molecule has 3 nitrogen and oxygen atoms in total. The number of rotatable bonds is 2. The van der Waals surface area contributed by atoms with Crippen LogP contribution in [-0.2, 0) is 11.2 Å². The van der Waals surface area contributed by atoms with Gasteiger partial charge in [-0.05, 0) is 24.1 Å². The number of fused-ring (bicyclic) bond motifs is 1. The zero-order chi connectivity index (χ0) is 11.5. The highest BCUT2D eigenvalue weighted by atomic mass is 32.2. The van der Waals surface area contributed by atoms with Gasteiger partial charge in [0.1, 0.15) is 5.25 Å². The van der Waals surface area contributed by atoms with Crippen LogP contribution >= 0.6 is 11.8 Å². The molecule has 0 saturated carbocycles. The number of amides is 1. The van der Waals surface area contributed by atoms with Gasteiger partial charge in [-0.3, -0.25) is 4.79 Å². The van der Waals surface area contributed by atoms with Crippen molar-refractivity contribution in [2.75, 3.05) is 5.32 Å². The lowest BCUT2D eigenvalue weighted by Gasteiger charge is -2.22. The highest BCUT2D eigenvalue weighted by Gasteiger charge is 2.26. The fourth-order valence-corrected chi connectivity index (χ4v) is 2.72. The molecular weight excluding hydrogens is 220 g/mol. The van der Waals surface area contributed by atoms with Gasteiger partial charge in [-0.1, -0.05) is 13.0 Å². The Morgan fingerprint density at radius 1 is 1.56 bits per heavy atom. The lowest BCUT2D eigenvalue weighted by molar-refractivity contribution is -0.115. The van der Waals surface area contributed by atoms with Crippen LogP contribution < -0.4 is 5.32 Å². The molecule has 4 heteroatoms. The first-order chi connectivity index (χ1) is 7.74. The molecule has 0 saturated heterocycles. The van der Waals surface area contributed by atoms with Gasteiger partial charge in [0, 0.05) is 4.90 Å². The van der Waals surface area contributed by atoms with Crippen LogP contribution in [0.25, 0.3) is 0 Å². The van der Waals surface area contributed by atoms with Crippen molar-refractivity contribution in [3.63, 3.8) is 0 Å². The van der Waals surface area contributed by atoms with Gasteiger partial charge in [0.15, 0.2) is 0 Å². The van der Waals surface area contributed by atoms with Gasteiger partial charge in [0.2, 0.25) is 5.91 Å². The number of nitriles is 1. The topological polar surface area (TPSA) is 52.9 Å². The Labute approximate surface area is 98.8 Å². The van der Waals surface area contributed by atoms with Crippen LogP contribution in [0, 0.1) is 11.3 Å². The standard InChI is InChI=1S/C12H12N2OS/c1-2-8-3-4-9-11(7-8)16-10(5-6-13)12(15)14-9/h3-4,7,10H,2,5H2,1H3,(H,14,15). The van der Waals surface area contributed by atoms with Crippen LogP contribution in [0.1, 0.15) is 18.9 Å². The first-order valence-corrected chi connectivity index (χ1v) is 6.10. The highest BCUT2D eigenvalue weighted by Crippen LogP contribution is 2.37. The Hall–Kier alpha value is -1.47. The van der Waals surface area contributed by atoms with E-state index in [1.54, 1.807) is 0 Å². The maximum atomic E-state index is 11.6. The Kier molecular flexibility index (Phi) is 3.16. The molecule has 0 fully saturated rings. The Balaban J connectivity index is 2.29. The number of nitrogens with one attached hydrogen (secondary N) is 1. The van der Waals surface area contributed by atoms with E-state index < -0.39 is 0 Å². The Bertz CT molecular complexity index is 465. The van der Waals surface area contributed by atoms with E-state index in [9.17, 15) is 4.79 Å². The van der Waals surface area contributed by atoms with Gasteiger partial charge >= 0.3 is 0 Å². The molecule has 1 aliphatic heterocycles. The smallest absolute Gasteiger partial charge is 0.238 e. The minimum atomic E-state index is -0.274. The number of nitrogens with zero attached hydrogens (tertiary/aromatic N) is 1. The van der Waals surface area contributed by atoms with Crippen molar-refractivity contribution >= 4 is 23.4 Å². The Morgan fingerprint density at radius 3 is 3.06 bits per heavy atom. The summed E-state index contributed by atoms with van der Waals surface area (Å²) in [6, 6.07) is 8.08. The lowest BCUT2D eigenvalue weighted by atomic mass is 10.1. The second kappa shape index (κ2) is 4.58. The van der Waals surface area contributed by atoms with Gasteiger partial charge in [-0.2, -0.15) is 5.26 Å². The summed E-state index contributed by atoms with van der Waals surface area (Å²) in [5.41, 5.74) is 2.11. The first kappa shape index (κ1) is 11.0.